The Labute approximate surface area is 160 Å². The Morgan fingerprint density at radius 2 is 2.04 bits per heavy atom. The van der Waals surface area contributed by atoms with Crippen LogP contribution >= 0.6 is 0 Å². The number of likely N-dealkylation sites (tertiary alicyclic amines) is 1. The molecule has 0 radical (unpaired) electrons. The van der Waals surface area contributed by atoms with E-state index >= 15 is 0 Å². The van der Waals surface area contributed by atoms with E-state index in [0.717, 1.165) is 43.8 Å². The molecule has 0 bridgehead atoms. The number of nitrogens with one attached hydrogen (secondary N) is 2. The highest BCUT2D eigenvalue weighted by atomic mass is 16.5. The van der Waals surface area contributed by atoms with Crippen LogP contribution in [0.4, 0.5) is 0 Å². The number of guanidine groups is 1. The molecular formula is C19H31N5O3. The summed E-state index contributed by atoms with van der Waals surface area (Å²) in [5.41, 5.74) is 6.06. The fraction of sp³-hybridized carbons (Fsp3) is 0.579. The quantitative estimate of drug-likeness (QED) is 0.381. The number of hydrogen-bond donors (Lipinski definition) is 4. The minimum atomic E-state index is -0.677. The summed E-state index contributed by atoms with van der Waals surface area (Å²) in [4.78, 5) is 17.6. The Hall–Kier alpha value is -2.32. The number of nitrogens with zero attached hydrogens (tertiary/aromatic N) is 2. The summed E-state index contributed by atoms with van der Waals surface area (Å²) < 4.78 is 5.13. The summed E-state index contributed by atoms with van der Waals surface area (Å²) in [5.74, 6) is 1.16. The molecule has 1 unspecified atom stereocenters. The molecule has 0 aromatic heterocycles. The van der Waals surface area contributed by atoms with Crippen molar-refractivity contribution in [3.05, 3.63) is 29.8 Å². The van der Waals surface area contributed by atoms with Gasteiger partial charge in [0.25, 0.3) is 0 Å². The zero-order valence-electron chi connectivity index (χ0n) is 16.1. The number of rotatable bonds is 8. The number of methoxy groups -OCH3 is 1. The van der Waals surface area contributed by atoms with Gasteiger partial charge in [-0.05, 0) is 37.5 Å². The Morgan fingerprint density at radius 3 is 2.59 bits per heavy atom. The lowest BCUT2D eigenvalue weighted by molar-refractivity contribution is -0.119. The molecule has 8 heteroatoms. The number of primary amides is 1. The molecule has 5 N–H and O–H groups in total. The van der Waals surface area contributed by atoms with Crippen molar-refractivity contribution in [3.8, 4) is 5.75 Å². The van der Waals surface area contributed by atoms with Gasteiger partial charge in [0.2, 0.25) is 5.91 Å². The van der Waals surface area contributed by atoms with Crippen LogP contribution in [0, 0.1) is 0 Å². The fourth-order valence-electron chi connectivity index (χ4n) is 3.08. The summed E-state index contributed by atoms with van der Waals surface area (Å²) in [6.07, 6.45) is 1.15. The van der Waals surface area contributed by atoms with E-state index < -0.39 is 6.10 Å². The Morgan fingerprint density at radius 1 is 1.37 bits per heavy atom. The van der Waals surface area contributed by atoms with Gasteiger partial charge in [0.05, 0.1) is 26.3 Å². The highest BCUT2D eigenvalue weighted by molar-refractivity contribution is 5.80. The van der Waals surface area contributed by atoms with Gasteiger partial charge >= 0.3 is 0 Å². The molecule has 1 aromatic rings. The third-order valence-electron chi connectivity index (χ3n) is 4.57. The number of amides is 1. The monoisotopic (exact) mass is 377 g/mol. The minimum absolute atomic E-state index is 0.266. The van der Waals surface area contributed by atoms with E-state index in [9.17, 15) is 9.90 Å². The number of ether oxygens (including phenoxy) is 1. The van der Waals surface area contributed by atoms with Crippen LogP contribution in [0.15, 0.2) is 29.3 Å². The van der Waals surface area contributed by atoms with Crippen LogP contribution in [0.25, 0.3) is 0 Å². The minimum Gasteiger partial charge on any atom is -0.497 e. The SMILES string of the molecule is CCNC(=NCC(O)c1ccc(OC)cc1)NC1CCN(CC(N)=O)CC1. The molecule has 1 amide bonds. The maximum absolute atomic E-state index is 11.0. The van der Waals surface area contributed by atoms with Gasteiger partial charge in [-0.15, -0.1) is 0 Å². The number of nitrogens with two attached hydrogens (primary N) is 1. The normalized spacial score (nSPS) is 17.4. The first-order chi connectivity index (χ1) is 13.0. The maximum atomic E-state index is 11.0. The summed E-state index contributed by atoms with van der Waals surface area (Å²) in [5, 5.41) is 17.0. The van der Waals surface area contributed by atoms with E-state index in [4.69, 9.17) is 10.5 Å². The van der Waals surface area contributed by atoms with E-state index in [-0.39, 0.29) is 18.5 Å². The molecule has 0 saturated carbocycles. The van der Waals surface area contributed by atoms with Crippen LogP contribution in [0.5, 0.6) is 5.75 Å². The largest absolute Gasteiger partial charge is 0.497 e. The van der Waals surface area contributed by atoms with Gasteiger partial charge in [-0.3, -0.25) is 14.7 Å². The smallest absolute Gasteiger partial charge is 0.231 e. The summed E-state index contributed by atoms with van der Waals surface area (Å²) in [6, 6.07) is 7.61. The van der Waals surface area contributed by atoms with Gasteiger partial charge in [-0.1, -0.05) is 12.1 Å². The molecule has 1 aliphatic heterocycles. The van der Waals surface area contributed by atoms with Crippen molar-refractivity contribution in [3.63, 3.8) is 0 Å². The molecule has 150 valence electrons. The lowest BCUT2D eigenvalue weighted by Gasteiger charge is -2.32. The summed E-state index contributed by atoms with van der Waals surface area (Å²) in [7, 11) is 1.61. The third kappa shape index (κ3) is 7.07. The zero-order chi connectivity index (χ0) is 19.6. The average molecular weight is 377 g/mol. The molecule has 0 aliphatic carbocycles. The highest BCUT2D eigenvalue weighted by Gasteiger charge is 2.21. The van der Waals surface area contributed by atoms with Crippen molar-refractivity contribution in [2.45, 2.75) is 31.9 Å². The van der Waals surface area contributed by atoms with E-state index in [1.165, 1.54) is 0 Å². The number of carbonyl (C=O) groups excluding carboxylic acids is 1. The second-order valence-corrected chi connectivity index (χ2v) is 6.67. The number of benzene rings is 1. The van der Waals surface area contributed by atoms with Crippen molar-refractivity contribution >= 4 is 11.9 Å². The second kappa shape index (κ2) is 10.7. The van der Waals surface area contributed by atoms with Gasteiger partial charge in [-0.2, -0.15) is 0 Å². The number of hydrogen-bond acceptors (Lipinski definition) is 5. The van der Waals surface area contributed by atoms with Crippen molar-refractivity contribution in [2.24, 2.45) is 10.7 Å². The van der Waals surface area contributed by atoms with Crippen LogP contribution in [0.3, 0.4) is 0 Å². The molecule has 1 aliphatic rings. The molecule has 1 fully saturated rings. The second-order valence-electron chi connectivity index (χ2n) is 6.67. The molecule has 1 aromatic carbocycles. The third-order valence-corrected chi connectivity index (χ3v) is 4.57. The van der Waals surface area contributed by atoms with Gasteiger partial charge in [-0.25, -0.2) is 0 Å². The number of aliphatic hydroxyl groups is 1. The van der Waals surface area contributed by atoms with Crippen LogP contribution < -0.4 is 21.1 Å². The Kier molecular flexibility index (Phi) is 8.35. The molecular weight excluding hydrogens is 346 g/mol. The summed E-state index contributed by atoms with van der Waals surface area (Å²) >= 11 is 0. The standard InChI is InChI=1S/C19H31N5O3/c1-3-21-19(23-15-8-10-24(11-9-15)13-18(20)26)22-12-17(25)14-4-6-16(27-2)7-5-14/h4-7,15,17,25H,3,8-13H2,1-2H3,(H2,20,26)(H2,21,22,23). The van der Waals surface area contributed by atoms with Crippen LogP contribution in [-0.2, 0) is 4.79 Å². The fourth-order valence-corrected chi connectivity index (χ4v) is 3.08. The predicted octanol–water partition coefficient (Wildman–Crippen LogP) is 0.233. The van der Waals surface area contributed by atoms with E-state index in [1.807, 2.05) is 31.2 Å². The molecule has 8 nitrogen and oxygen atoms in total. The molecule has 1 atom stereocenters. The topological polar surface area (TPSA) is 112 Å². The maximum Gasteiger partial charge on any atom is 0.231 e. The molecule has 1 heterocycles. The predicted molar refractivity (Wildman–Crippen MR) is 106 cm³/mol. The van der Waals surface area contributed by atoms with Crippen molar-refractivity contribution < 1.29 is 14.6 Å². The van der Waals surface area contributed by atoms with Crippen LogP contribution in [0.2, 0.25) is 0 Å². The van der Waals surface area contributed by atoms with Gasteiger partial charge in [0, 0.05) is 25.7 Å². The van der Waals surface area contributed by atoms with Crippen LogP contribution in [-0.4, -0.2) is 67.7 Å². The summed E-state index contributed by atoms with van der Waals surface area (Å²) in [6.45, 7) is 4.98. The van der Waals surface area contributed by atoms with Crippen molar-refractivity contribution in [1.29, 1.82) is 0 Å². The first-order valence-electron chi connectivity index (χ1n) is 9.39. The van der Waals surface area contributed by atoms with Crippen LogP contribution in [0.1, 0.15) is 31.4 Å². The Balaban J connectivity index is 1.87. The average Bonchev–Trinajstić information content (AvgIpc) is 2.67. The zero-order valence-corrected chi connectivity index (χ0v) is 16.1. The number of aliphatic hydroxyl groups excluding tert-OH is 1. The highest BCUT2D eigenvalue weighted by Crippen LogP contribution is 2.17. The van der Waals surface area contributed by atoms with Gasteiger partial charge in [0.1, 0.15) is 5.75 Å². The van der Waals surface area contributed by atoms with E-state index in [1.54, 1.807) is 7.11 Å². The molecule has 1 saturated heterocycles. The first kappa shape index (κ1) is 21.0. The van der Waals surface area contributed by atoms with Gasteiger partial charge < -0.3 is 26.2 Å². The molecule has 0 spiro atoms. The molecule has 27 heavy (non-hydrogen) atoms. The lowest BCUT2D eigenvalue weighted by Crippen LogP contribution is -2.49. The number of piperidine rings is 1. The molecule has 2 rings (SSSR count). The lowest BCUT2D eigenvalue weighted by atomic mass is 10.1. The Bertz CT molecular complexity index is 612. The van der Waals surface area contributed by atoms with Crippen molar-refractivity contribution in [1.82, 2.24) is 15.5 Å². The van der Waals surface area contributed by atoms with Crippen molar-refractivity contribution in [2.75, 3.05) is 39.8 Å². The number of aliphatic imine (C=N–C) groups is 1. The van der Waals surface area contributed by atoms with E-state index in [2.05, 4.69) is 20.5 Å². The van der Waals surface area contributed by atoms with E-state index in [0.29, 0.717) is 12.5 Å². The first-order valence-corrected chi connectivity index (χ1v) is 9.39. The van der Waals surface area contributed by atoms with Gasteiger partial charge in [0.15, 0.2) is 5.96 Å². The number of carbonyl (C=O) groups is 1.